The van der Waals surface area contributed by atoms with Crippen molar-refractivity contribution in [2.45, 2.75) is 6.04 Å². The van der Waals surface area contributed by atoms with Crippen LogP contribution in [0.3, 0.4) is 0 Å². The fourth-order valence-corrected chi connectivity index (χ4v) is 2.57. The van der Waals surface area contributed by atoms with E-state index in [1.807, 2.05) is 4.90 Å². The monoisotopic (exact) mass is 306 g/mol. The van der Waals surface area contributed by atoms with E-state index in [9.17, 15) is 5.11 Å². The van der Waals surface area contributed by atoms with E-state index >= 15 is 0 Å². The van der Waals surface area contributed by atoms with Gasteiger partial charge in [-0.1, -0.05) is 11.6 Å². The topological polar surface area (TPSA) is 45.6 Å². The van der Waals surface area contributed by atoms with Gasteiger partial charge in [0, 0.05) is 12.7 Å². The number of morpholine rings is 1. The Morgan fingerprint density at radius 2 is 2.50 bits per heavy atom. The number of halogens is 2. The van der Waals surface area contributed by atoms with Crippen molar-refractivity contribution in [2.24, 2.45) is 0 Å². The molecule has 2 heterocycles. The molecule has 1 atom stereocenters. The van der Waals surface area contributed by atoms with Gasteiger partial charge in [0.25, 0.3) is 0 Å². The van der Waals surface area contributed by atoms with Crippen molar-refractivity contribution in [3.63, 3.8) is 0 Å². The fraction of sp³-hybridized carbons (Fsp3) is 0.500. The molecule has 88 valence electrons. The SMILES string of the molecule is OCC1COCCN1c1ncc(Cl)cc1Br. The Kier molecular flexibility index (Phi) is 4.02. The van der Waals surface area contributed by atoms with Crippen LogP contribution in [-0.2, 0) is 4.74 Å². The molecule has 1 unspecified atom stereocenters. The minimum absolute atomic E-state index is 0.0428. The van der Waals surface area contributed by atoms with Gasteiger partial charge >= 0.3 is 0 Å². The molecule has 1 aliphatic heterocycles. The summed E-state index contributed by atoms with van der Waals surface area (Å²) in [6.45, 7) is 1.94. The van der Waals surface area contributed by atoms with Crippen molar-refractivity contribution in [1.29, 1.82) is 0 Å². The molecular formula is C10H12BrClN2O2. The molecule has 0 radical (unpaired) electrons. The molecule has 0 aliphatic carbocycles. The summed E-state index contributed by atoms with van der Waals surface area (Å²) in [6.07, 6.45) is 1.60. The summed E-state index contributed by atoms with van der Waals surface area (Å²) in [5.74, 6) is 0.798. The quantitative estimate of drug-likeness (QED) is 0.903. The molecule has 2 rings (SSSR count). The summed E-state index contributed by atoms with van der Waals surface area (Å²) >= 11 is 9.27. The maximum atomic E-state index is 9.28. The lowest BCUT2D eigenvalue weighted by atomic mass is 10.2. The molecule has 0 saturated carbocycles. The van der Waals surface area contributed by atoms with Crippen LogP contribution in [0, 0.1) is 0 Å². The van der Waals surface area contributed by atoms with Crippen molar-refractivity contribution in [3.05, 3.63) is 21.8 Å². The van der Waals surface area contributed by atoms with E-state index in [-0.39, 0.29) is 12.6 Å². The minimum Gasteiger partial charge on any atom is -0.394 e. The molecule has 0 spiro atoms. The number of nitrogens with zero attached hydrogens (tertiary/aromatic N) is 2. The Bertz CT molecular complexity index is 378. The number of aliphatic hydroxyl groups excluding tert-OH is 1. The average Bonchev–Trinajstić information content (AvgIpc) is 2.29. The molecule has 1 aliphatic rings. The number of hydrogen-bond acceptors (Lipinski definition) is 4. The van der Waals surface area contributed by atoms with Crippen LogP contribution in [0.4, 0.5) is 5.82 Å². The Balaban J connectivity index is 2.27. The van der Waals surface area contributed by atoms with E-state index in [1.54, 1.807) is 12.3 Å². The van der Waals surface area contributed by atoms with Crippen LogP contribution in [0.15, 0.2) is 16.7 Å². The highest BCUT2D eigenvalue weighted by molar-refractivity contribution is 9.10. The molecule has 1 N–H and O–H groups in total. The number of aromatic nitrogens is 1. The summed E-state index contributed by atoms with van der Waals surface area (Å²) in [4.78, 5) is 6.31. The van der Waals surface area contributed by atoms with Gasteiger partial charge in [0.05, 0.1) is 35.4 Å². The number of anilines is 1. The van der Waals surface area contributed by atoms with E-state index in [0.717, 1.165) is 16.8 Å². The zero-order valence-corrected chi connectivity index (χ0v) is 10.9. The lowest BCUT2D eigenvalue weighted by Gasteiger charge is -2.35. The van der Waals surface area contributed by atoms with E-state index in [4.69, 9.17) is 16.3 Å². The zero-order chi connectivity index (χ0) is 11.5. The van der Waals surface area contributed by atoms with E-state index in [0.29, 0.717) is 18.2 Å². The number of hydrogen-bond donors (Lipinski definition) is 1. The zero-order valence-electron chi connectivity index (χ0n) is 8.57. The van der Waals surface area contributed by atoms with Gasteiger partial charge in [-0.15, -0.1) is 0 Å². The van der Waals surface area contributed by atoms with Gasteiger partial charge in [-0.05, 0) is 22.0 Å². The van der Waals surface area contributed by atoms with Crippen LogP contribution in [-0.4, -0.2) is 42.5 Å². The van der Waals surface area contributed by atoms with E-state index in [1.165, 1.54) is 0 Å². The molecule has 6 heteroatoms. The van der Waals surface area contributed by atoms with Crippen LogP contribution in [0.1, 0.15) is 0 Å². The molecule has 0 aromatic carbocycles. The van der Waals surface area contributed by atoms with Crippen molar-refractivity contribution < 1.29 is 9.84 Å². The smallest absolute Gasteiger partial charge is 0.143 e. The first-order chi connectivity index (χ1) is 7.72. The van der Waals surface area contributed by atoms with Gasteiger partial charge in [-0.25, -0.2) is 4.98 Å². The first-order valence-electron chi connectivity index (χ1n) is 4.98. The van der Waals surface area contributed by atoms with Crippen LogP contribution in [0.5, 0.6) is 0 Å². The van der Waals surface area contributed by atoms with Crippen molar-refractivity contribution in [1.82, 2.24) is 4.98 Å². The van der Waals surface area contributed by atoms with Crippen molar-refractivity contribution in [3.8, 4) is 0 Å². The number of ether oxygens (including phenoxy) is 1. The third-order valence-electron chi connectivity index (χ3n) is 2.50. The summed E-state index contributed by atoms with van der Waals surface area (Å²) in [7, 11) is 0. The Morgan fingerprint density at radius 3 is 3.19 bits per heavy atom. The lowest BCUT2D eigenvalue weighted by Crippen LogP contribution is -2.48. The summed E-state index contributed by atoms with van der Waals surface area (Å²) in [5.41, 5.74) is 0. The third-order valence-corrected chi connectivity index (χ3v) is 3.29. The normalized spacial score (nSPS) is 21.2. The maximum Gasteiger partial charge on any atom is 0.143 e. The summed E-state index contributed by atoms with van der Waals surface area (Å²) in [5, 5.41) is 9.86. The lowest BCUT2D eigenvalue weighted by molar-refractivity contribution is 0.0722. The standard InChI is InChI=1S/C10H12BrClN2O2/c11-9-3-7(12)4-13-10(9)14-1-2-16-6-8(14)5-15/h3-4,8,15H,1-2,5-6H2. The Morgan fingerprint density at radius 1 is 1.69 bits per heavy atom. The highest BCUT2D eigenvalue weighted by Gasteiger charge is 2.24. The minimum atomic E-state index is -0.0428. The number of rotatable bonds is 2. The molecule has 1 aromatic heterocycles. The van der Waals surface area contributed by atoms with Crippen LogP contribution < -0.4 is 4.90 Å². The second kappa shape index (κ2) is 5.31. The van der Waals surface area contributed by atoms with E-state index in [2.05, 4.69) is 20.9 Å². The largest absolute Gasteiger partial charge is 0.394 e. The third kappa shape index (κ3) is 2.48. The first kappa shape index (κ1) is 12.1. The van der Waals surface area contributed by atoms with Crippen LogP contribution >= 0.6 is 27.5 Å². The van der Waals surface area contributed by atoms with Gasteiger partial charge in [-0.2, -0.15) is 0 Å². The van der Waals surface area contributed by atoms with E-state index < -0.39 is 0 Å². The summed E-state index contributed by atoms with van der Waals surface area (Å²) < 4.78 is 6.15. The highest BCUT2D eigenvalue weighted by atomic mass is 79.9. The average molecular weight is 308 g/mol. The number of aliphatic hydroxyl groups is 1. The first-order valence-corrected chi connectivity index (χ1v) is 6.15. The van der Waals surface area contributed by atoms with Crippen molar-refractivity contribution in [2.75, 3.05) is 31.3 Å². The molecule has 16 heavy (non-hydrogen) atoms. The number of pyridine rings is 1. The molecule has 1 saturated heterocycles. The predicted octanol–water partition coefficient (Wildman–Crippen LogP) is 1.69. The second-order valence-corrected chi connectivity index (χ2v) is 4.85. The fourth-order valence-electron chi connectivity index (χ4n) is 1.70. The Labute approximate surface area is 107 Å². The van der Waals surface area contributed by atoms with Gasteiger partial charge < -0.3 is 14.7 Å². The highest BCUT2D eigenvalue weighted by Crippen LogP contribution is 2.28. The molecule has 1 aromatic rings. The van der Waals surface area contributed by atoms with Gasteiger partial charge in [0.2, 0.25) is 0 Å². The van der Waals surface area contributed by atoms with Crippen molar-refractivity contribution >= 4 is 33.3 Å². The maximum absolute atomic E-state index is 9.28. The van der Waals surface area contributed by atoms with Crippen LogP contribution in [0.2, 0.25) is 5.02 Å². The molecule has 1 fully saturated rings. The van der Waals surface area contributed by atoms with Gasteiger partial charge in [0.15, 0.2) is 0 Å². The molecule has 4 nitrogen and oxygen atoms in total. The predicted molar refractivity (Wildman–Crippen MR) is 66.0 cm³/mol. The Hall–Kier alpha value is -0.360. The van der Waals surface area contributed by atoms with Gasteiger partial charge in [0.1, 0.15) is 5.82 Å². The molecule has 0 bridgehead atoms. The summed E-state index contributed by atoms with van der Waals surface area (Å²) in [6, 6.07) is 1.76. The second-order valence-electron chi connectivity index (χ2n) is 3.56. The molecular weight excluding hydrogens is 295 g/mol. The van der Waals surface area contributed by atoms with Gasteiger partial charge in [-0.3, -0.25) is 0 Å². The molecule has 0 amide bonds. The van der Waals surface area contributed by atoms with Crippen LogP contribution in [0.25, 0.3) is 0 Å².